The Kier molecular flexibility index (Phi) is 4.52. The monoisotopic (exact) mass is 318 g/mol. The van der Waals surface area contributed by atoms with Crippen LogP contribution in [-0.2, 0) is 0 Å². The lowest BCUT2D eigenvalue weighted by atomic mass is 9.57. The van der Waals surface area contributed by atoms with E-state index in [1.807, 2.05) is 0 Å². The molecule has 0 heteroatoms. The molecule has 0 N–H and O–H groups in total. The van der Waals surface area contributed by atoms with E-state index >= 15 is 0 Å². The smallest absolute Gasteiger partial charge is 0 e. The fourth-order valence-corrected chi connectivity index (χ4v) is 8.13. The number of hydrogen-bond donors (Lipinski definition) is 0. The van der Waals surface area contributed by atoms with E-state index < -0.39 is 0 Å². The molecule has 0 aliphatic heterocycles. The van der Waals surface area contributed by atoms with Crippen molar-refractivity contribution in [2.75, 3.05) is 0 Å². The van der Waals surface area contributed by atoms with Gasteiger partial charge < -0.3 is 0 Å². The van der Waals surface area contributed by atoms with E-state index in [9.17, 15) is 0 Å². The van der Waals surface area contributed by atoms with Crippen molar-refractivity contribution in [3.8, 4) is 0 Å². The van der Waals surface area contributed by atoms with Crippen LogP contribution < -0.4 is 0 Å². The van der Waals surface area contributed by atoms with E-state index in [4.69, 9.17) is 0 Å². The highest BCUT2D eigenvalue weighted by Gasteiger charge is 2.83. The Bertz CT molecular complexity index is 469. The van der Waals surface area contributed by atoms with Gasteiger partial charge in [0.05, 0.1) is 0 Å². The fourth-order valence-electron chi connectivity index (χ4n) is 8.13. The molecule has 0 bridgehead atoms. The van der Waals surface area contributed by atoms with E-state index in [2.05, 4.69) is 41.2 Å². The zero-order valence-electron chi connectivity index (χ0n) is 16.5. The molecule has 23 heavy (non-hydrogen) atoms. The highest BCUT2D eigenvalue weighted by atomic mass is 14.9. The summed E-state index contributed by atoms with van der Waals surface area (Å²) in [6.07, 6.45) is 14.6. The van der Waals surface area contributed by atoms with Crippen molar-refractivity contribution < 1.29 is 1.43 Å². The second-order valence-corrected chi connectivity index (χ2v) is 9.46. The minimum Gasteiger partial charge on any atom is -0.0996 e. The van der Waals surface area contributed by atoms with Gasteiger partial charge in [-0.3, -0.25) is 0 Å². The van der Waals surface area contributed by atoms with Crippen molar-refractivity contribution in [3.63, 3.8) is 0 Å². The van der Waals surface area contributed by atoms with Crippen molar-refractivity contribution >= 4 is 0 Å². The van der Waals surface area contributed by atoms with Crippen LogP contribution in [0.4, 0.5) is 0 Å². The first-order valence-electron chi connectivity index (χ1n) is 10.6. The average Bonchev–Trinajstić information content (AvgIpc) is 2.96. The first-order valence-corrected chi connectivity index (χ1v) is 10.6. The third-order valence-electron chi connectivity index (χ3n) is 8.96. The second kappa shape index (κ2) is 5.92. The minimum absolute atomic E-state index is 0. The van der Waals surface area contributed by atoms with Crippen LogP contribution in [-0.4, -0.2) is 0 Å². The normalized spacial score (nSPS) is 48.0. The minimum atomic E-state index is 0. The standard InChI is InChI=1S/C23H40.H2/c1-7-10-11-18-12-16-23-19(9-3)21(6,17(4)5)15-13-20(23)22(18,23)14-8-2;/h18-20H,4,7-16H2,1-3,5-6H3;1H. The Balaban J connectivity index is 0.00000208. The number of allylic oxidation sites excluding steroid dienone is 1. The molecule has 6 unspecified atom stereocenters. The number of rotatable bonds is 7. The Hall–Kier alpha value is -0.260. The van der Waals surface area contributed by atoms with Gasteiger partial charge in [0.2, 0.25) is 0 Å². The quantitative estimate of drug-likeness (QED) is 0.423. The van der Waals surface area contributed by atoms with Crippen LogP contribution in [0.25, 0.3) is 0 Å². The third kappa shape index (κ3) is 2.02. The molecule has 3 aliphatic carbocycles. The number of hydrogen-bond acceptors (Lipinski definition) is 0. The highest BCUT2D eigenvalue weighted by Crippen LogP contribution is 2.89. The van der Waals surface area contributed by atoms with Gasteiger partial charge in [-0.15, -0.1) is 0 Å². The van der Waals surface area contributed by atoms with Gasteiger partial charge in [0.15, 0.2) is 0 Å². The van der Waals surface area contributed by atoms with Crippen LogP contribution in [0.15, 0.2) is 12.2 Å². The molecule has 1 spiro atoms. The van der Waals surface area contributed by atoms with Crippen LogP contribution in [0.2, 0.25) is 0 Å². The maximum Gasteiger partial charge on any atom is 0 e. The Morgan fingerprint density at radius 3 is 2.43 bits per heavy atom. The largest absolute Gasteiger partial charge is 0.0996 e. The zero-order valence-corrected chi connectivity index (χ0v) is 16.5. The lowest BCUT2D eigenvalue weighted by Gasteiger charge is -2.47. The molecule has 0 heterocycles. The van der Waals surface area contributed by atoms with Gasteiger partial charge >= 0.3 is 0 Å². The van der Waals surface area contributed by atoms with Gasteiger partial charge in [0, 0.05) is 1.43 Å². The molecule has 134 valence electrons. The summed E-state index contributed by atoms with van der Waals surface area (Å²) < 4.78 is 0. The molecule has 0 saturated heterocycles. The first kappa shape index (κ1) is 17.6. The summed E-state index contributed by atoms with van der Waals surface area (Å²) in [5, 5.41) is 0. The summed E-state index contributed by atoms with van der Waals surface area (Å²) >= 11 is 0. The van der Waals surface area contributed by atoms with Crippen molar-refractivity contribution in [2.24, 2.45) is 34.0 Å². The molecule has 0 aromatic carbocycles. The van der Waals surface area contributed by atoms with Crippen LogP contribution in [0.3, 0.4) is 0 Å². The Morgan fingerprint density at radius 2 is 1.87 bits per heavy atom. The van der Waals surface area contributed by atoms with Crippen LogP contribution in [0.1, 0.15) is 100 Å². The third-order valence-corrected chi connectivity index (χ3v) is 8.96. The maximum atomic E-state index is 4.45. The summed E-state index contributed by atoms with van der Waals surface area (Å²) in [6, 6.07) is 0. The molecule has 6 atom stereocenters. The second-order valence-electron chi connectivity index (χ2n) is 9.46. The highest BCUT2D eigenvalue weighted by molar-refractivity contribution is 5.33. The van der Waals surface area contributed by atoms with Gasteiger partial charge in [-0.05, 0) is 79.4 Å². The van der Waals surface area contributed by atoms with Crippen molar-refractivity contribution in [3.05, 3.63) is 12.2 Å². The summed E-state index contributed by atoms with van der Waals surface area (Å²) in [6.45, 7) is 16.6. The summed E-state index contributed by atoms with van der Waals surface area (Å²) in [5.41, 5.74) is 3.29. The van der Waals surface area contributed by atoms with Gasteiger partial charge in [0.25, 0.3) is 0 Å². The molecule has 0 aromatic rings. The van der Waals surface area contributed by atoms with Gasteiger partial charge in [0.1, 0.15) is 0 Å². The molecule has 3 saturated carbocycles. The Morgan fingerprint density at radius 1 is 1.13 bits per heavy atom. The molecule has 0 nitrogen and oxygen atoms in total. The molecule has 3 rings (SSSR count). The number of unbranched alkanes of at least 4 members (excludes halogenated alkanes) is 1. The summed E-state index contributed by atoms with van der Waals surface area (Å²) in [7, 11) is 0. The van der Waals surface area contributed by atoms with Crippen molar-refractivity contribution in [1.82, 2.24) is 0 Å². The van der Waals surface area contributed by atoms with Gasteiger partial charge in [-0.1, -0.05) is 65.5 Å². The molecular formula is C23H42. The summed E-state index contributed by atoms with van der Waals surface area (Å²) in [4.78, 5) is 0. The van der Waals surface area contributed by atoms with E-state index in [1.165, 1.54) is 69.8 Å². The SMILES string of the molecule is C=C(C)C1(C)CCC2C3(CCC)C(CCCC)CCC23C1CC.[HH]. The van der Waals surface area contributed by atoms with E-state index in [-0.39, 0.29) is 1.43 Å². The average molecular weight is 319 g/mol. The lowest BCUT2D eigenvalue weighted by molar-refractivity contribution is 0.0629. The molecule has 3 aliphatic rings. The molecule has 3 fully saturated rings. The van der Waals surface area contributed by atoms with E-state index in [1.54, 1.807) is 0 Å². The molecular weight excluding hydrogens is 276 g/mol. The Labute approximate surface area is 147 Å². The predicted octanol–water partition coefficient (Wildman–Crippen LogP) is 7.64. The lowest BCUT2D eigenvalue weighted by Crippen LogP contribution is -2.39. The van der Waals surface area contributed by atoms with Gasteiger partial charge in [-0.2, -0.15) is 0 Å². The first-order chi connectivity index (χ1) is 11.0. The van der Waals surface area contributed by atoms with E-state index in [0.29, 0.717) is 10.8 Å². The van der Waals surface area contributed by atoms with Crippen molar-refractivity contribution in [2.45, 2.75) is 98.8 Å². The fraction of sp³-hybridized carbons (Fsp3) is 0.913. The van der Waals surface area contributed by atoms with E-state index in [0.717, 1.165) is 23.2 Å². The van der Waals surface area contributed by atoms with Crippen molar-refractivity contribution in [1.29, 1.82) is 0 Å². The maximum absolute atomic E-state index is 4.45. The molecule has 0 radical (unpaired) electrons. The number of fused-ring (bicyclic) bond motifs is 1. The topological polar surface area (TPSA) is 0 Å². The zero-order chi connectivity index (χ0) is 16.9. The van der Waals surface area contributed by atoms with Crippen LogP contribution in [0, 0.1) is 34.0 Å². The van der Waals surface area contributed by atoms with Crippen LogP contribution in [0.5, 0.6) is 0 Å². The molecule has 0 aromatic heterocycles. The molecule has 0 amide bonds. The van der Waals surface area contributed by atoms with Gasteiger partial charge in [-0.25, -0.2) is 0 Å². The summed E-state index contributed by atoms with van der Waals surface area (Å²) in [5.74, 6) is 2.99. The van der Waals surface area contributed by atoms with Crippen LogP contribution >= 0.6 is 0 Å². The predicted molar refractivity (Wildman–Crippen MR) is 104 cm³/mol.